The standard InChI is InChI=1S/C18H21FN2O/c1-22-18-8-7-16(13-17(18)19)21-11-9-20(10-12-21)14-15-5-3-2-4-6-15/h2-8,13H,9-12,14H2,1H3. The second-order valence-corrected chi connectivity index (χ2v) is 5.57. The van der Waals surface area contributed by atoms with Crippen molar-refractivity contribution < 1.29 is 9.13 Å². The molecule has 22 heavy (non-hydrogen) atoms. The first-order valence-corrected chi connectivity index (χ1v) is 7.61. The van der Waals surface area contributed by atoms with Crippen molar-refractivity contribution in [3.8, 4) is 5.75 Å². The molecule has 3 nitrogen and oxygen atoms in total. The van der Waals surface area contributed by atoms with Crippen LogP contribution in [-0.2, 0) is 6.54 Å². The third-order valence-corrected chi connectivity index (χ3v) is 4.12. The zero-order chi connectivity index (χ0) is 15.4. The fourth-order valence-corrected chi connectivity index (χ4v) is 2.86. The van der Waals surface area contributed by atoms with E-state index in [1.54, 1.807) is 12.1 Å². The molecule has 0 atom stereocenters. The Morgan fingerprint density at radius 3 is 2.36 bits per heavy atom. The SMILES string of the molecule is COc1ccc(N2CCN(Cc3ccccc3)CC2)cc1F. The van der Waals surface area contributed by atoms with E-state index in [0.717, 1.165) is 38.4 Å². The van der Waals surface area contributed by atoms with Gasteiger partial charge in [-0.05, 0) is 17.7 Å². The number of hydrogen-bond acceptors (Lipinski definition) is 3. The number of anilines is 1. The van der Waals surface area contributed by atoms with E-state index >= 15 is 0 Å². The Kier molecular flexibility index (Phi) is 4.59. The first-order valence-electron chi connectivity index (χ1n) is 7.61. The van der Waals surface area contributed by atoms with Gasteiger partial charge in [-0.2, -0.15) is 0 Å². The summed E-state index contributed by atoms with van der Waals surface area (Å²) in [6.45, 7) is 4.79. The summed E-state index contributed by atoms with van der Waals surface area (Å²) in [7, 11) is 1.49. The molecule has 0 saturated carbocycles. The van der Waals surface area contributed by atoms with E-state index in [0.29, 0.717) is 5.75 Å². The maximum Gasteiger partial charge on any atom is 0.167 e. The second-order valence-electron chi connectivity index (χ2n) is 5.57. The van der Waals surface area contributed by atoms with E-state index in [9.17, 15) is 4.39 Å². The minimum Gasteiger partial charge on any atom is -0.494 e. The molecule has 2 aromatic rings. The lowest BCUT2D eigenvalue weighted by atomic mass is 10.2. The molecule has 1 fully saturated rings. The van der Waals surface area contributed by atoms with Gasteiger partial charge >= 0.3 is 0 Å². The van der Waals surface area contributed by atoms with Gasteiger partial charge in [0.05, 0.1) is 7.11 Å². The molecule has 0 radical (unpaired) electrons. The molecule has 1 aliphatic rings. The number of rotatable bonds is 4. The second kappa shape index (κ2) is 6.79. The largest absolute Gasteiger partial charge is 0.494 e. The van der Waals surface area contributed by atoms with E-state index in [-0.39, 0.29) is 5.82 Å². The average molecular weight is 300 g/mol. The van der Waals surface area contributed by atoms with Crippen LogP contribution < -0.4 is 9.64 Å². The topological polar surface area (TPSA) is 15.7 Å². The van der Waals surface area contributed by atoms with E-state index in [1.165, 1.54) is 12.7 Å². The molecule has 0 N–H and O–H groups in total. The summed E-state index contributed by atoms with van der Waals surface area (Å²) in [6.07, 6.45) is 0. The van der Waals surface area contributed by atoms with Gasteiger partial charge in [0.25, 0.3) is 0 Å². The zero-order valence-corrected chi connectivity index (χ0v) is 12.8. The van der Waals surface area contributed by atoms with Crippen molar-refractivity contribution in [3.05, 3.63) is 59.9 Å². The van der Waals surface area contributed by atoms with Gasteiger partial charge in [-0.1, -0.05) is 30.3 Å². The average Bonchev–Trinajstić information content (AvgIpc) is 2.56. The lowest BCUT2D eigenvalue weighted by molar-refractivity contribution is 0.250. The monoisotopic (exact) mass is 300 g/mol. The van der Waals surface area contributed by atoms with Crippen LogP contribution >= 0.6 is 0 Å². The summed E-state index contributed by atoms with van der Waals surface area (Å²) in [5.74, 6) is -0.00169. The highest BCUT2D eigenvalue weighted by atomic mass is 19.1. The van der Waals surface area contributed by atoms with Crippen molar-refractivity contribution in [2.24, 2.45) is 0 Å². The Morgan fingerprint density at radius 1 is 1.00 bits per heavy atom. The maximum atomic E-state index is 13.8. The Labute approximate surface area is 130 Å². The van der Waals surface area contributed by atoms with E-state index in [2.05, 4.69) is 34.1 Å². The minimum absolute atomic E-state index is 0.298. The lowest BCUT2D eigenvalue weighted by Gasteiger charge is -2.36. The van der Waals surface area contributed by atoms with E-state index < -0.39 is 0 Å². The molecule has 1 heterocycles. The van der Waals surface area contributed by atoms with Crippen LogP contribution in [-0.4, -0.2) is 38.2 Å². The summed E-state index contributed by atoms with van der Waals surface area (Å²) in [5, 5.41) is 0. The molecule has 0 spiro atoms. The lowest BCUT2D eigenvalue weighted by Crippen LogP contribution is -2.46. The number of piperazine rings is 1. The van der Waals surface area contributed by atoms with Gasteiger partial charge in [-0.25, -0.2) is 4.39 Å². The molecular formula is C18H21FN2O. The predicted octanol–water partition coefficient (Wildman–Crippen LogP) is 3.16. The normalized spacial score (nSPS) is 15.8. The van der Waals surface area contributed by atoms with Gasteiger partial charge in [-0.15, -0.1) is 0 Å². The fraction of sp³-hybridized carbons (Fsp3) is 0.333. The molecule has 3 rings (SSSR count). The molecule has 4 heteroatoms. The zero-order valence-electron chi connectivity index (χ0n) is 12.8. The van der Waals surface area contributed by atoms with Crippen LogP contribution in [0.5, 0.6) is 5.75 Å². The van der Waals surface area contributed by atoms with Gasteiger partial charge in [0.2, 0.25) is 0 Å². The number of halogens is 1. The quantitative estimate of drug-likeness (QED) is 0.862. The molecular weight excluding hydrogens is 279 g/mol. The molecule has 1 aliphatic heterocycles. The van der Waals surface area contributed by atoms with Crippen LogP contribution in [0.1, 0.15) is 5.56 Å². The van der Waals surface area contributed by atoms with Gasteiger partial charge in [-0.3, -0.25) is 4.90 Å². The Balaban J connectivity index is 1.58. The van der Waals surface area contributed by atoms with Crippen LogP contribution in [0.15, 0.2) is 48.5 Å². The molecule has 0 aliphatic carbocycles. The predicted molar refractivity (Wildman–Crippen MR) is 86.9 cm³/mol. The number of methoxy groups -OCH3 is 1. The molecule has 0 bridgehead atoms. The first kappa shape index (κ1) is 14.9. The molecule has 0 amide bonds. The highest BCUT2D eigenvalue weighted by Gasteiger charge is 2.18. The number of benzene rings is 2. The minimum atomic E-state index is -0.299. The molecule has 116 valence electrons. The number of ether oxygens (including phenoxy) is 1. The summed E-state index contributed by atoms with van der Waals surface area (Å²) < 4.78 is 18.8. The summed E-state index contributed by atoms with van der Waals surface area (Å²) in [4.78, 5) is 4.66. The van der Waals surface area contributed by atoms with Crippen molar-refractivity contribution in [3.63, 3.8) is 0 Å². The van der Waals surface area contributed by atoms with Crippen molar-refractivity contribution in [1.82, 2.24) is 4.90 Å². The smallest absolute Gasteiger partial charge is 0.167 e. The molecule has 1 saturated heterocycles. The Morgan fingerprint density at radius 2 is 1.73 bits per heavy atom. The molecule has 2 aromatic carbocycles. The van der Waals surface area contributed by atoms with Crippen LogP contribution in [0.25, 0.3) is 0 Å². The van der Waals surface area contributed by atoms with Gasteiger partial charge < -0.3 is 9.64 Å². The molecule has 0 unspecified atom stereocenters. The third-order valence-electron chi connectivity index (χ3n) is 4.12. The van der Waals surface area contributed by atoms with Crippen molar-refractivity contribution in [1.29, 1.82) is 0 Å². The summed E-state index contributed by atoms with van der Waals surface area (Å²) in [5.41, 5.74) is 2.27. The number of nitrogens with zero attached hydrogens (tertiary/aromatic N) is 2. The highest BCUT2D eigenvalue weighted by Crippen LogP contribution is 2.24. The van der Waals surface area contributed by atoms with Crippen LogP contribution in [0.4, 0.5) is 10.1 Å². The molecule has 0 aromatic heterocycles. The highest BCUT2D eigenvalue weighted by molar-refractivity contribution is 5.50. The van der Waals surface area contributed by atoms with Crippen molar-refractivity contribution in [2.45, 2.75) is 6.54 Å². The van der Waals surface area contributed by atoms with Crippen LogP contribution in [0.3, 0.4) is 0 Å². The third kappa shape index (κ3) is 3.39. The maximum absolute atomic E-state index is 13.8. The fourth-order valence-electron chi connectivity index (χ4n) is 2.86. The van der Waals surface area contributed by atoms with Gasteiger partial charge in [0, 0.05) is 44.5 Å². The van der Waals surface area contributed by atoms with Crippen LogP contribution in [0, 0.1) is 5.82 Å². The summed E-state index contributed by atoms with van der Waals surface area (Å²) in [6, 6.07) is 15.7. The first-order chi connectivity index (χ1) is 10.8. The van der Waals surface area contributed by atoms with Crippen molar-refractivity contribution in [2.75, 3.05) is 38.2 Å². The van der Waals surface area contributed by atoms with Crippen molar-refractivity contribution >= 4 is 5.69 Å². The Hall–Kier alpha value is -2.07. The summed E-state index contributed by atoms with van der Waals surface area (Å²) >= 11 is 0. The van der Waals surface area contributed by atoms with Crippen LogP contribution in [0.2, 0.25) is 0 Å². The van der Waals surface area contributed by atoms with Gasteiger partial charge in [0.1, 0.15) is 0 Å². The van der Waals surface area contributed by atoms with E-state index in [4.69, 9.17) is 4.74 Å². The Bertz CT molecular complexity index is 610. The van der Waals surface area contributed by atoms with Gasteiger partial charge in [0.15, 0.2) is 11.6 Å². The van der Waals surface area contributed by atoms with E-state index in [1.807, 2.05) is 12.1 Å². The number of hydrogen-bond donors (Lipinski definition) is 0.